The van der Waals surface area contributed by atoms with Crippen molar-refractivity contribution in [2.75, 3.05) is 0 Å². The van der Waals surface area contributed by atoms with Gasteiger partial charge in [-0.05, 0) is 48.7 Å². The maximum Gasteiger partial charge on any atom is 0.314 e. The van der Waals surface area contributed by atoms with Gasteiger partial charge in [0.2, 0.25) is 0 Å². The number of Topliss-reactive ketones (excluding diaryl/α,β-unsaturated/α-hetero) is 1. The highest BCUT2D eigenvalue weighted by Crippen LogP contribution is 2.38. The van der Waals surface area contributed by atoms with Crippen LogP contribution in [0.3, 0.4) is 0 Å². The van der Waals surface area contributed by atoms with Gasteiger partial charge in [-0.2, -0.15) is 0 Å². The van der Waals surface area contributed by atoms with E-state index in [2.05, 4.69) is 35.5 Å². The summed E-state index contributed by atoms with van der Waals surface area (Å²) in [6.45, 7) is 8.83. The number of hydrogen-bond donors (Lipinski definition) is 0. The minimum Gasteiger partial charge on any atom is -0.426 e. The molecule has 36 heavy (non-hydrogen) atoms. The van der Waals surface area contributed by atoms with Crippen LogP contribution in [-0.4, -0.2) is 19.6 Å². The molecular weight excluding hydrogens is 443 g/mol. The molecule has 0 amide bonds. The van der Waals surface area contributed by atoms with E-state index in [0.29, 0.717) is 18.0 Å². The molecule has 0 saturated carbocycles. The van der Waals surface area contributed by atoms with Gasteiger partial charge in [-0.3, -0.25) is 9.59 Å². The molecule has 0 N–H and O–H groups in total. The van der Waals surface area contributed by atoms with Gasteiger partial charge in [-0.1, -0.05) is 123 Å². The predicted molar refractivity (Wildman–Crippen MR) is 157 cm³/mol. The highest BCUT2D eigenvalue weighted by atomic mass is 16.5. The summed E-state index contributed by atoms with van der Waals surface area (Å²) in [6.07, 6.45) is 19.4. The number of carbonyl (C=O) groups excluding carboxylic acids is 2. The third-order valence-corrected chi connectivity index (χ3v) is 7.74. The minimum atomic E-state index is -0.237. The van der Waals surface area contributed by atoms with Crippen LogP contribution >= 0.6 is 0 Å². The molecular formula is C32H55BO3. The zero-order valence-corrected chi connectivity index (χ0v) is 24.3. The summed E-state index contributed by atoms with van der Waals surface area (Å²) in [5.74, 6) is 0.842. The normalized spacial score (nSPS) is 12.4. The van der Waals surface area contributed by atoms with Crippen molar-refractivity contribution in [3.05, 3.63) is 29.8 Å². The van der Waals surface area contributed by atoms with Crippen LogP contribution in [0.5, 0.6) is 5.75 Å². The van der Waals surface area contributed by atoms with Crippen molar-refractivity contribution in [3.8, 4) is 5.75 Å². The minimum absolute atomic E-state index is 0.0124. The second-order valence-corrected chi connectivity index (χ2v) is 11.2. The molecule has 0 saturated heterocycles. The predicted octanol–water partition coefficient (Wildman–Crippen LogP) is 8.82. The summed E-state index contributed by atoms with van der Waals surface area (Å²) in [5, 5.41) is -0.237. The van der Waals surface area contributed by atoms with Crippen molar-refractivity contribution >= 4 is 19.6 Å². The second kappa shape index (κ2) is 19.5. The maximum atomic E-state index is 13.4. The summed E-state index contributed by atoms with van der Waals surface area (Å²) in [6, 6.07) is 7.66. The molecule has 0 bridgehead atoms. The highest BCUT2D eigenvalue weighted by Gasteiger charge is 2.31. The molecule has 1 aromatic carbocycles. The molecule has 1 rings (SSSR count). The first-order valence-electron chi connectivity index (χ1n) is 15.2. The number of hydrogen-bond acceptors (Lipinski definition) is 3. The van der Waals surface area contributed by atoms with E-state index in [-0.39, 0.29) is 17.2 Å². The van der Waals surface area contributed by atoms with Gasteiger partial charge < -0.3 is 4.74 Å². The maximum absolute atomic E-state index is 13.4. The Bertz CT molecular complexity index is 703. The Kier molecular flexibility index (Phi) is 17.6. The smallest absolute Gasteiger partial charge is 0.314 e. The lowest BCUT2D eigenvalue weighted by molar-refractivity contribution is -0.139. The molecule has 4 heteroatoms. The number of unbranched alkanes of at least 4 members (excludes halogenated alkanes) is 9. The fourth-order valence-electron chi connectivity index (χ4n) is 5.05. The van der Waals surface area contributed by atoms with Crippen molar-refractivity contribution in [1.82, 2.24) is 0 Å². The first-order valence-corrected chi connectivity index (χ1v) is 15.2. The van der Waals surface area contributed by atoms with Crippen LogP contribution in [-0.2, 0) is 16.0 Å². The van der Waals surface area contributed by atoms with E-state index >= 15 is 0 Å². The first-order chi connectivity index (χ1) is 17.4. The van der Waals surface area contributed by atoms with Gasteiger partial charge in [0.15, 0.2) is 0 Å². The zero-order valence-electron chi connectivity index (χ0n) is 24.3. The molecule has 0 spiro atoms. The van der Waals surface area contributed by atoms with Crippen LogP contribution in [0.1, 0.15) is 142 Å². The van der Waals surface area contributed by atoms with E-state index in [9.17, 15) is 9.59 Å². The van der Waals surface area contributed by atoms with E-state index in [0.717, 1.165) is 69.8 Å². The first kappa shape index (κ1) is 32.5. The lowest BCUT2D eigenvalue weighted by Crippen LogP contribution is -2.26. The second-order valence-electron chi connectivity index (χ2n) is 11.2. The number of carbonyl (C=O) groups is 2. The lowest BCUT2D eigenvalue weighted by Gasteiger charge is -2.29. The van der Waals surface area contributed by atoms with Gasteiger partial charge in [-0.15, -0.1) is 0 Å². The molecule has 0 aromatic heterocycles. The quantitative estimate of drug-likeness (QED) is 0.0694. The number of benzene rings is 1. The van der Waals surface area contributed by atoms with E-state index in [1.165, 1.54) is 44.9 Å². The van der Waals surface area contributed by atoms with E-state index < -0.39 is 0 Å². The van der Waals surface area contributed by atoms with Gasteiger partial charge in [0, 0.05) is 6.42 Å². The van der Waals surface area contributed by atoms with Crippen LogP contribution < -0.4 is 4.74 Å². The highest BCUT2D eigenvalue weighted by molar-refractivity contribution is 6.28. The fourth-order valence-corrected chi connectivity index (χ4v) is 5.05. The van der Waals surface area contributed by atoms with E-state index in [4.69, 9.17) is 4.74 Å². The molecule has 204 valence electrons. The van der Waals surface area contributed by atoms with Gasteiger partial charge in [0.1, 0.15) is 19.4 Å². The molecule has 0 aliphatic heterocycles. The van der Waals surface area contributed by atoms with Gasteiger partial charge in [0.25, 0.3) is 0 Å². The third-order valence-electron chi connectivity index (χ3n) is 7.74. The number of ether oxygens (including phenoxy) is 1. The average molecular weight is 499 g/mol. The molecule has 1 aromatic rings. The standard InChI is InChI=1S/C32H55BO3/c1-5-9-13-15-19-28(18-14-10-6-2)31(35)36-29-22-20-27(21-23-29)26-30(34)32(33,24-16-11-7-3)25-17-12-8-4/h20-23,28H,5-19,24-26,33H2,1-4H3. The van der Waals surface area contributed by atoms with Crippen molar-refractivity contribution in [3.63, 3.8) is 0 Å². The van der Waals surface area contributed by atoms with Gasteiger partial charge in [-0.25, -0.2) is 0 Å². The van der Waals surface area contributed by atoms with Crippen LogP contribution in [0.15, 0.2) is 24.3 Å². The summed E-state index contributed by atoms with van der Waals surface area (Å²) >= 11 is 0. The average Bonchev–Trinajstić information content (AvgIpc) is 2.87. The Labute approximate surface area is 224 Å². The number of ketones is 1. The molecule has 0 aliphatic rings. The number of esters is 1. The molecule has 0 aliphatic carbocycles. The molecule has 0 heterocycles. The van der Waals surface area contributed by atoms with Gasteiger partial charge >= 0.3 is 5.97 Å². The summed E-state index contributed by atoms with van der Waals surface area (Å²) in [7, 11) is 2.18. The summed E-state index contributed by atoms with van der Waals surface area (Å²) in [5.41, 5.74) is 1.01. The van der Waals surface area contributed by atoms with Crippen molar-refractivity contribution in [1.29, 1.82) is 0 Å². The lowest BCUT2D eigenvalue weighted by atomic mass is 9.59. The van der Waals surface area contributed by atoms with Crippen molar-refractivity contribution < 1.29 is 14.3 Å². The summed E-state index contributed by atoms with van der Waals surface area (Å²) in [4.78, 5) is 26.3. The Balaban J connectivity index is 2.74. The zero-order chi connectivity index (χ0) is 26.7. The largest absolute Gasteiger partial charge is 0.426 e. The molecule has 0 fully saturated rings. The van der Waals surface area contributed by atoms with Crippen LogP contribution in [0.2, 0.25) is 5.31 Å². The molecule has 3 nitrogen and oxygen atoms in total. The molecule has 0 radical (unpaired) electrons. The van der Waals surface area contributed by atoms with E-state index in [1.807, 2.05) is 24.3 Å². The van der Waals surface area contributed by atoms with Crippen molar-refractivity contribution in [2.24, 2.45) is 5.92 Å². The Morgan fingerprint density at radius 2 is 1.19 bits per heavy atom. The topological polar surface area (TPSA) is 43.4 Å². The van der Waals surface area contributed by atoms with Crippen molar-refractivity contribution in [2.45, 2.75) is 149 Å². The van der Waals surface area contributed by atoms with Crippen LogP contribution in [0, 0.1) is 5.92 Å². The molecule has 1 atom stereocenters. The molecule has 1 unspecified atom stereocenters. The third kappa shape index (κ3) is 13.1. The fraction of sp³-hybridized carbons (Fsp3) is 0.750. The monoisotopic (exact) mass is 498 g/mol. The Morgan fingerprint density at radius 3 is 1.72 bits per heavy atom. The van der Waals surface area contributed by atoms with Crippen LogP contribution in [0.4, 0.5) is 0 Å². The van der Waals surface area contributed by atoms with Gasteiger partial charge in [0.05, 0.1) is 5.92 Å². The van der Waals surface area contributed by atoms with Crippen LogP contribution in [0.25, 0.3) is 0 Å². The SMILES string of the molecule is BC(CCCCC)(CCCCC)C(=O)Cc1ccc(OC(=O)C(CCCCC)CCCCCC)cc1. The summed E-state index contributed by atoms with van der Waals surface area (Å²) < 4.78 is 5.80. The Morgan fingerprint density at radius 1 is 0.722 bits per heavy atom. The number of rotatable bonds is 22. The van der Waals surface area contributed by atoms with E-state index in [1.54, 1.807) is 0 Å². The Hall–Kier alpha value is -1.58.